The summed E-state index contributed by atoms with van der Waals surface area (Å²) in [5, 5.41) is 10.9. The van der Waals surface area contributed by atoms with Crippen molar-refractivity contribution >= 4 is 5.69 Å². The minimum Gasteiger partial charge on any atom is -0.422 e. The van der Waals surface area contributed by atoms with Crippen molar-refractivity contribution in [2.24, 2.45) is 0 Å². The van der Waals surface area contributed by atoms with Crippen LogP contribution in [0.3, 0.4) is 0 Å². The molecule has 4 rings (SSSR count). The standard InChI is InChI=1S/C21H17NO4/c23-21-19(14-6-2-1-3-7-14)17-8-4-5-9-18(17)20(26-21)15-10-12-16(13-11-15)22(24)25/h1-3,6-7,10-13H,4-5,8-9H2. The van der Waals surface area contributed by atoms with E-state index in [1.54, 1.807) is 12.1 Å². The summed E-state index contributed by atoms with van der Waals surface area (Å²) in [6, 6.07) is 15.8. The Balaban J connectivity index is 1.91. The highest BCUT2D eigenvalue weighted by atomic mass is 16.6. The lowest BCUT2D eigenvalue weighted by Crippen LogP contribution is -2.15. The van der Waals surface area contributed by atoms with Crippen LogP contribution in [0.25, 0.3) is 22.5 Å². The Hall–Kier alpha value is -3.21. The number of nitrogens with zero attached hydrogens (tertiary/aromatic N) is 1. The molecule has 3 aromatic rings. The maximum absolute atomic E-state index is 12.8. The van der Waals surface area contributed by atoms with Crippen LogP contribution in [-0.2, 0) is 12.8 Å². The smallest absolute Gasteiger partial charge is 0.344 e. The average molecular weight is 347 g/mol. The molecule has 0 atom stereocenters. The van der Waals surface area contributed by atoms with Crippen LogP contribution < -0.4 is 5.63 Å². The van der Waals surface area contributed by atoms with Gasteiger partial charge in [-0.1, -0.05) is 30.3 Å². The van der Waals surface area contributed by atoms with Crippen molar-refractivity contribution in [1.82, 2.24) is 0 Å². The molecule has 2 aromatic carbocycles. The summed E-state index contributed by atoms with van der Waals surface area (Å²) in [7, 11) is 0. The Bertz CT molecular complexity index is 1020. The number of benzene rings is 2. The zero-order valence-corrected chi connectivity index (χ0v) is 14.1. The summed E-state index contributed by atoms with van der Waals surface area (Å²) in [6.07, 6.45) is 3.75. The molecule has 0 spiro atoms. The van der Waals surface area contributed by atoms with Crippen molar-refractivity contribution < 1.29 is 9.34 Å². The second kappa shape index (κ2) is 6.59. The quantitative estimate of drug-likeness (QED) is 0.506. The molecule has 0 unspecified atom stereocenters. The van der Waals surface area contributed by atoms with Crippen molar-refractivity contribution in [1.29, 1.82) is 0 Å². The summed E-state index contributed by atoms with van der Waals surface area (Å²) in [5.74, 6) is 0.541. The predicted molar refractivity (Wildman–Crippen MR) is 99.1 cm³/mol. The molecule has 0 saturated heterocycles. The first-order valence-corrected chi connectivity index (χ1v) is 8.64. The SMILES string of the molecule is O=c1oc(-c2ccc([N+](=O)[O-])cc2)c2c(c1-c1ccccc1)CCCC2. The molecule has 0 aliphatic heterocycles. The fraction of sp³-hybridized carbons (Fsp3) is 0.190. The number of hydrogen-bond acceptors (Lipinski definition) is 4. The lowest BCUT2D eigenvalue weighted by molar-refractivity contribution is -0.384. The number of rotatable bonds is 3. The number of hydrogen-bond donors (Lipinski definition) is 0. The Morgan fingerprint density at radius 3 is 2.15 bits per heavy atom. The van der Waals surface area contributed by atoms with Crippen LogP contribution in [0.2, 0.25) is 0 Å². The Morgan fingerprint density at radius 1 is 0.846 bits per heavy atom. The van der Waals surface area contributed by atoms with E-state index in [9.17, 15) is 14.9 Å². The molecular formula is C21H17NO4. The van der Waals surface area contributed by atoms with Gasteiger partial charge in [0.15, 0.2) is 0 Å². The van der Waals surface area contributed by atoms with E-state index in [0.29, 0.717) is 16.9 Å². The van der Waals surface area contributed by atoms with E-state index in [0.717, 1.165) is 42.4 Å². The van der Waals surface area contributed by atoms with Crippen LogP contribution in [0.4, 0.5) is 5.69 Å². The number of nitro groups is 1. The van der Waals surface area contributed by atoms with Gasteiger partial charge in [0.05, 0.1) is 10.5 Å². The molecule has 1 aliphatic rings. The lowest BCUT2D eigenvalue weighted by atomic mass is 9.85. The lowest BCUT2D eigenvalue weighted by Gasteiger charge is -2.21. The molecule has 0 bridgehead atoms. The van der Waals surface area contributed by atoms with E-state index in [1.165, 1.54) is 12.1 Å². The first kappa shape index (κ1) is 16.3. The Morgan fingerprint density at radius 2 is 1.50 bits per heavy atom. The van der Waals surface area contributed by atoms with Gasteiger partial charge in [0.2, 0.25) is 0 Å². The molecule has 0 radical (unpaired) electrons. The fourth-order valence-corrected chi connectivity index (χ4v) is 3.62. The zero-order valence-electron chi connectivity index (χ0n) is 14.1. The van der Waals surface area contributed by atoms with Crippen molar-refractivity contribution in [3.63, 3.8) is 0 Å². The number of non-ortho nitro benzene ring substituents is 1. The van der Waals surface area contributed by atoms with Crippen LogP contribution in [-0.4, -0.2) is 4.92 Å². The van der Waals surface area contributed by atoms with E-state index >= 15 is 0 Å². The molecule has 130 valence electrons. The summed E-state index contributed by atoms with van der Waals surface area (Å²) in [5.41, 5.74) is 3.97. The first-order chi connectivity index (χ1) is 12.6. The molecule has 0 fully saturated rings. The largest absolute Gasteiger partial charge is 0.422 e. The van der Waals surface area contributed by atoms with Gasteiger partial charge in [-0.25, -0.2) is 4.79 Å². The van der Waals surface area contributed by atoms with Crippen molar-refractivity contribution in [2.75, 3.05) is 0 Å². The zero-order chi connectivity index (χ0) is 18.1. The second-order valence-electron chi connectivity index (χ2n) is 6.43. The van der Waals surface area contributed by atoms with Gasteiger partial charge >= 0.3 is 5.63 Å². The summed E-state index contributed by atoms with van der Waals surface area (Å²) in [4.78, 5) is 23.2. The summed E-state index contributed by atoms with van der Waals surface area (Å²) >= 11 is 0. The molecule has 5 heteroatoms. The van der Waals surface area contributed by atoms with E-state index < -0.39 is 4.92 Å². The van der Waals surface area contributed by atoms with Crippen molar-refractivity contribution in [3.05, 3.63) is 86.3 Å². The maximum atomic E-state index is 12.8. The number of fused-ring (bicyclic) bond motifs is 1. The normalized spacial score (nSPS) is 13.2. The third kappa shape index (κ3) is 2.81. The van der Waals surface area contributed by atoms with Gasteiger partial charge in [-0.2, -0.15) is 0 Å². The summed E-state index contributed by atoms with van der Waals surface area (Å²) < 4.78 is 5.72. The molecule has 0 N–H and O–H groups in total. The molecule has 0 amide bonds. The molecule has 5 nitrogen and oxygen atoms in total. The first-order valence-electron chi connectivity index (χ1n) is 8.64. The van der Waals surface area contributed by atoms with Crippen LogP contribution in [0, 0.1) is 10.1 Å². The molecule has 0 saturated carbocycles. The van der Waals surface area contributed by atoms with Crippen molar-refractivity contribution in [3.8, 4) is 22.5 Å². The van der Waals surface area contributed by atoms with Gasteiger partial charge in [-0.3, -0.25) is 10.1 Å². The Kier molecular flexibility index (Phi) is 4.13. The molecule has 26 heavy (non-hydrogen) atoms. The van der Waals surface area contributed by atoms with Gasteiger partial charge < -0.3 is 4.42 Å². The van der Waals surface area contributed by atoms with Gasteiger partial charge in [0, 0.05) is 17.7 Å². The van der Waals surface area contributed by atoms with E-state index in [2.05, 4.69) is 0 Å². The minimum absolute atomic E-state index is 0.0193. The average Bonchev–Trinajstić information content (AvgIpc) is 2.68. The van der Waals surface area contributed by atoms with Crippen LogP contribution in [0.1, 0.15) is 24.0 Å². The highest BCUT2D eigenvalue weighted by Crippen LogP contribution is 2.36. The Labute approximate surface area is 150 Å². The fourth-order valence-electron chi connectivity index (χ4n) is 3.62. The topological polar surface area (TPSA) is 73.3 Å². The van der Waals surface area contributed by atoms with Crippen LogP contribution in [0.15, 0.2) is 63.8 Å². The predicted octanol–water partition coefficient (Wildman–Crippen LogP) is 4.76. The third-order valence-electron chi connectivity index (χ3n) is 4.85. The van der Waals surface area contributed by atoms with Gasteiger partial charge in [-0.15, -0.1) is 0 Å². The van der Waals surface area contributed by atoms with Crippen LogP contribution in [0.5, 0.6) is 0 Å². The van der Waals surface area contributed by atoms with Gasteiger partial charge in [-0.05, 0) is 54.5 Å². The van der Waals surface area contributed by atoms with E-state index in [-0.39, 0.29) is 11.3 Å². The number of nitro benzene ring substituents is 1. The van der Waals surface area contributed by atoms with Crippen LogP contribution >= 0.6 is 0 Å². The molecular weight excluding hydrogens is 330 g/mol. The summed E-state index contributed by atoms with van der Waals surface area (Å²) in [6.45, 7) is 0. The molecule has 1 heterocycles. The molecule has 1 aliphatic carbocycles. The minimum atomic E-state index is -0.437. The molecule has 1 aromatic heterocycles. The monoisotopic (exact) mass is 347 g/mol. The highest BCUT2D eigenvalue weighted by Gasteiger charge is 2.24. The van der Waals surface area contributed by atoms with Gasteiger partial charge in [0.25, 0.3) is 5.69 Å². The van der Waals surface area contributed by atoms with Gasteiger partial charge in [0.1, 0.15) is 5.76 Å². The van der Waals surface area contributed by atoms with E-state index in [4.69, 9.17) is 4.42 Å². The maximum Gasteiger partial charge on any atom is 0.344 e. The highest BCUT2D eigenvalue weighted by molar-refractivity contribution is 5.73. The van der Waals surface area contributed by atoms with E-state index in [1.807, 2.05) is 30.3 Å². The third-order valence-corrected chi connectivity index (χ3v) is 4.85. The second-order valence-corrected chi connectivity index (χ2v) is 6.43. The van der Waals surface area contributed by atoms with Crippen molar-refractivity contribution in [2.45, 2.75) is 25.7 Å².